The number of benzene rings is 2. The number of aliphatic hydroxyl groups excluding tert-OH is 1. The average Bonchev–Trinajstić information content (AvgIpc) is 1.16. The summed E-state index contributed by atoms with van der Waals surface area (Å²) < 4.78 is 20.5. The third kappa shape index (κ3) is 26.0. The lowest BCUT2D eigenvalue weighted by molar-refractivity contribution is 0.101. The van der Waals surface area contributed by atoms with Gasteiger partial charge in [-0.3, -0.25) is 80.8 Å². The number of hydrogen-bond donors (Lipinski definition) is 17. The van der Waals surface area contributed by atoms with Gasteiger partial charge >= 0.3 is 0 Å². The molecule has 39 nitrogen and oxygen atoms in total. The van der Waals surface area contributed by atoms with Gasteiger partial charge in [0, 0.05) is 56.7 Å². The number of pyridine rings is 4. The highest BCUT2D eigenvalue weighted by Gasteiger charge is 2.26. The summed E-state index contributed by atoms with van der Waals surface area (Å²) in [5.74, 6) is -0.266. The van der Waals surface area contributed by atoms with Crippen molar-refractivity contribution in [1.29, 1.82) is 0 Å². The first-order chi connectivity index (χ1) is 62.3. The topological polar surface area (TPSA) is 595 Å². The molecule has 2 unspecified atom stereocenters. The number of carbonyl (C=O) groups excluding carboxylic acids is 4. The summed E-state index contributed by atoms with van der Waals surface area (Å²) in [4.78, 5) is 151. The van der Waals surface area contributed by atoms with Crippen molar-refractivity contribution < 1.29 is 33.4 Å². The number of carbonyl (C=O) groups is 4. The number of methoxy groups -OCH3 is 1. The number of ether oxygens (including phenoxy) is 1. The van der Waals surface area contributed by atoms with E-state index < -0.39 is 17.7 Å². The molecule has 0 aliphatic rings. The van der Waals surface area contributed by atoms with Gasteiger partial charge in [0.15, 0.2) is 0 Å². The van der Waals surface area contributed by atoms with Gasteiger partial charge in [-0.25, -0.2) is 29.9 Å². The fourth-order valence-electron chi connectivity index (χ4n) is 11.7. The number of anilines is 12. The summed E-state index contributed by atoms with van der Waals surface area (Å²) in [6.07, 6.45) is 8.38. The largest absolute Gasteiger partial charge is 0.472 e. The van der Waals surface area contributed by atoms with E-state index >= 15 is 0 Å². The molecule has 684 valence electrons. The number of amidine groups is 4. The van der Waals surface area contributed by atoms with Crippen LogP contribution in [-0.4, -0.2) is 142 Å². The smallest absolute Gasteiger partial charge is 0.271 e. The number of hydrogen-bond acceptors (Lipinski definition) is 31. The van der Waals surface area contributed by atoms with Crippen LogP contribution in [-0.2, 0) is 11.3 Å². The maximum atomic E-state index is 13.0. The molecule has 0 fully saturated rings. The van der Waals surface area contributed by atoms with Crippen LogP contribution < -0.4 is 87.7 Å². The molecular formula is C83H87Cl5N28O11S4. The van der Waals surface area contributed by atoms with Crippen LogP contribution in [0.15, 0.2) is 154 Å². The molecule has 48 heteroatoms. The first-order valence-electron chi connectivity index (χ1n) is 39.0. The normalized spacial score (nSPS) is 12.0. The predicted octanol–water partition coefficient (Wildman–Crippen LogP) is 14.3. The van der Waals surface area contributed by atoms with Crippen LogP contribution >= 0.6 is 104 Å². The summed E-state index contributed by atoms with van der Waals surface area (Å²) >= 11 is 35.1. The van der Waals surface area contributed by atoms with E-state index in [9.17, 15) is 38.4 Å². The number of aliphatic hydroxyl groups is 1. The molecule has 21 N–H and O–H groups in total. The Hall–Kier alpha value is -13.5. The zero-order valence-electron chi connectivity index (χ0n) is 72.0. The van der Waals surface area contributed by atoms with Crippen LogP contribution in [0.5, 0.6) is 0 Å². The van der Waals surface area contributed by atoms with Crippen LogP contribution in [0.1, 0.15) is 142 Å². The number of amides is 4. The van der Waals surface area contributed by atoms with Crippen LogP contribution in [0, 0.1) is 61.3 Å². The Labute approximate surface area is 788 Å². The number of para-hydroxylation sites is 2. The molecule has 4 amide bonds. The van der Waals surface area contributed by atoms with E-state index in [0.717, 1.165) is 62.8 Å². The van der Waals surface area contributed by atoms with E-state index in [1.807, 2.05) is 52.8 Å². The molecular weight excluding hydrogens is 1870 g/mol. The molecule has 0 aliphatic carbocycles. The molecule has 2 atom stereocenters. The molecule has 2 aromatic carbocycles. The number of aromatic amines is 4. The zero-order chi connectivity index (χ0) is 95.4. The van der Waals surface area contributed by atoms with Crippen molar-refractivity contribution in [3.63, 3.8) is 0 Å². The molecule has 131 heavy (non-hydrogen) atoms. The standard InChI is InChI=1S/C23H22ClN7O3S.C21H24ClN7O3S.C20H22ClN7O2S.C19H19Cl2N7O3S/c1-11-8-16(28-12(2)17(11)21(32)30-19-13(3)26-6-4-15(19)24)29-23-18(22(33)31-35-23)20(25)27-9-14-5-7-34-10-14;1-10(9-30)8-25-18(23)16-20(32)29-33-21(16)27-15-5-4-13(11(2)26-15)19(31)28-17-12(3)24-7-6-14(17)22;1-9(2)24-16(22)14-18(30)28-31-19(14)27-20-23-8-12(11(4)25-20)17(29)26-15-10(3)6-5-7-13(15)21;1-8-5-4-6-11(20)13(8)25-16(29)10-7-23-19(26-14(10)21)27-18-12(17(30)28-32-18)15(22)24-9(2)31-3/h4-8,10H,9H2,1-3H3,(H2,25,27)(H,28,29)(H,30,32)(H,31,33);4-7,10,30H,8-9H2,1-3H3,(H2,23,25)(H,26,27)(H,28,31)(H,29,32);5-9H,1-4H3,(H2,22,24)(H,26,29)(H,28,30)(H,23,25,27);4-7,9H,1-3H3,(H2,22,24)(H,25,29)(H,28,30)(H,23,26,27). The number of aryl methyl sites for hydroxylation is 8. The van der Waals surface area contributed by atoms with Crippen molar-refractivity contribution in [1.82, 2.24) is 57.4 Å². The van der Waals surface area contributed by atoms with Gasteiger partial charge in [0.25, 0.3) is 45.9 Å². The van der Waals surface area contributed by atoms with Gasteiger partial charge in [0.1, 0.15) is 88.6 Å². The highest BCUT2D eigenvalue weighted by atomic mass is 35.5. The first-order valence-corrected chi connectivity index (χ1v) is 44.1. The van der Waals surface area contributed by atoms with Crippen LogP contribution in [0.4, 0.5) is 66.3 Å². The van der Waals surface area contributed by atoms with E-state index in [1.165, 1.54) is 25.8 Å². The monoisotopic (exact) mass is 1950 g/mol. The number of nitrogens with zero attached hydrogens (tertiary/aromatic N) is 12. The van der Waals surface area contributed by atoms with Crippen LogP contribution in [0.25, 0.3) is 0 Å². The second-order valence-electron chi connectivity index (χ2n) is 28.6. The molecule has 0 radical (unpaired) electrons. The Bertz CT molecular complexity index is 6680. The fraction of sp³-hybridized carbons (Fsp3) is 0.229. The van der Waals surface area contributed by atoms with Gasteiger partial charge in [-0.1, -0.05) is 89.2 Å². The Morgan fingerprint density at radius 2 is 0.916 bits per heavy atom. The van der Waals surface area contributed by atoms with Gasteiger partial charge in [0.05, 0.1) is 113 Å². The molecule has 0 saturated carbocycles. The lowest BCUT2D eigenvalue weighted by atomic mass is 10.1. The highest BCUT2D eigenvalue weighted by molar-refractivity contribution is 7.11. The summed E-state index contributed by atoms with van der Waals surface area (Å²) in [7, 11) is 1.47. The summed E-state index contributed by atoms with van der Waals surface area (Å²) in [6, 6.07) is 20.5. The third-order valence-electron chi connectivity index (χ3n) is 18.5. The molecule has 0 aliphatic heterocycles. The number of H-pyrrole nitrogens is 4. The van der Waals surface area contributed by atoms with Crippen molar-refractivity contribution >= 4 is 217 Å². The number of halogens is 5. The Morgan fingerprint density at radius 3 is 1.38 bits per heavy atom. The first kappa shape index (κ1) is 99.7. The van der Waals surface area contributed by atoms with Gasteiger partial charge in [-0.15, -0.1) is 0 Å². The van der Waals surface area contributed by atoms with Crippen molar-refractivity contribution in [2.24, 2.45) is 48.8 Å². The minimum Gasteiger partial charge on any atom is -0.472 e. The highest BCUT2D eigenvalue weighted by Crippen LogP contribution is 2.34. The molecule has 0 spiro atoms. The maximum Gasteiger partial charge on any atom is 0.271 e. The SMILES string of the molecule is COC(C)N=C(N)c1c(Nc2ncc(C(=O)Nc3c(C)cccc3Cl)c(Cl)n2)s[nH]c1=O.Cc1cc(Nc2s[nH]c(=O)c2C(N)=NCc2ccoc2)nc(C)c1C(=O)Nc1c(Cl)ccnc1C.Cc1cccc(Cl)c1NC(=O)c1cnc(Nc2s[nH]c(=O)c2C(N)=NC(C)C)nc1C.Cc1nc(Nc2s[nH]c(=O)c2C(N)=NCC(C)CO)ccc1C(=O)Nc1c(Cl)ccnc1C. The van der Waals surface area contributed by atoms with Crippen molar-refractivity contribution in [2.45, 2.75) is 102 Å². The molecule has 11 aromatic heterocycles. The minimum atomic E-state index is -0.535. The third-order valence-corrected chi connectivity index (χ3v) is 23.2. The summed E-state index contributed by atoms with van der Waals surface area (Å²) in [6.45, 7) is 21.9. The molecule has 0 bridgehead atoms. The van der Waals surface area contributed by atoms with Gasteiger partial charge < -0.3 is 79.7 Å². The van der Waals surface area contributed by atoms with E-state index in [-0.39, 0.29) is 128 Å². The van der Waals surface area contributed by atoms with E-state index in [2.05, 4.69) is 120 Å². The van der Waals surface area contributed by atoms with Crippen molar-refractivity contribution in [3.8, 4) is 0 Å². The van der Waals surface area contributed by atoms with E-state index in [1.54, 1.807) is 122 Å². The Balaban J connectivity index is 0.000000182. The van der Waals surface area contributed by atoms with Crippen molar-refractivity contribution in [2.75, 3.05) is 62.8 Å². The average molecular weight is 1960 g/mol. The number of rotatable bonds is 28. The van der Waals surface area contributed by atoms with E-state index in [0.29, 0.717) is 132 Å². The molecule has 0 saturated heterocycles. The van der Waals surface area contributed by atoms with E-state index in [4.69, 9.17) is 95.2 Å². The van der Waals surface area contributed by atoms with Crippen LogP contribution in [0.2, 0.25) is 25.2 Å². The van der Waals surface area contributed by atoms with Gasteiger partial charge in [-0.05, 0) is 193 Å². The second kappa shape index (κ2) is 45.7. The second-order valence-corrected chi connectivity index (χ2v) is 33.9. The molecule has 13 rings (SSSR count). The fourth-order valence-corrected chi connectivity index (χ4v) is 15.9. The lowest BCUT2D eigenvalue weighted by Crippen LogP contribution is -2.24. The maximum absolute atomic E-state index is 13.0. The van der Waals surface area contributed by atoms with Gasteiger partial charge in [0.2, 0.25) is 11.9 Å². The summed E-state index contributed by atoms with van der Waals surface area (Å²) in [5.41, 5.74) is 32.1. The van der Waals surface area contributed by atoms with Crippen LogP contribution in [0.3, 0.4) is 0 Å². The number of aromatic nitrogens is 12. The predicted molar refractivity (Wildman–Crippen MR) is 520 cm³/mol. The van der Waals surface area contributed by atoms with Gasteiger partial charge in [-0.2, -0.15) is 4.98 Å². The van der Waals surface area contributed by atoms with Crippen molar-refractivity contribution in [3.05, 3.63) is 272 Å². The molecule has 13 aromatic rings. The minimum absolute atomic E-state index is 0.0124. The molecule has 11 heterocycles. The number of aliphatic imine (C=N–C) groups is 4. The lowest BCUT2D eigenvalue weighted by Gasteiger charge is -2.14. The summed E-state index contributed by atoms with van der Waals surface area (Å²) in [5, 5.41) is 35.5. The number of nitrogens with two attached hydrogens (primary N) is 4. The quantitative estimate of drug-likeness (QED) is 0.0123. The number of furan rings is 1. The zero-order valence-corrected chi connectivity index (χ0v) is 79.0. The Kier molecular flexibility index (Phi) is 34.8. The Morgan fingerprint density at radius 1 is 0.473 bits per heavy atom. The number of nitrogens with one attached hydrogen (secondary N) is 12.